The van der Waals surface area contributed by atoms with Gasteiger partial charge in [-0.1, -0.05) is 12.8 Å². The fraction of sp³-hybridized carbons (Fsp3) is 0.375. The fourth-order valence-electron chi connectivity index (χ4n) is 2.20. The monoisotopic (exact) mass is 376 g/mol. The third kappa shape index (κ3) is 6.86. The molecule has 0 unspecified atom stereocenters. The predicted octanol–water partition coefficient (Wildman–Crippen LogP) is 3.70. The highest BCUT2D eigenvalue weighted by molar-refractivity contribution is 5.90. The summed E-state index contributed by atoms with van der Waals surface area (Å²) in [7, 11) is 0. The number of hydrogen-bond donors (Lipinski definition) is 2. The molecule has 0 saturated heterocycles. The molecular formula is C16H23Cl2FN4O. The van der Waals surface area contributed by atoms with E-state index < -0.39 is 5.82 Å². The molecule has 0 radical (unpaired) electrons. The van der Waals surface area contributed by atoms with Crippen molar-refractivity contribution in [3.05, 3.63) is 42.7 Å². The molecule has 1 aromatic carbocycles. The first kappa shape index (κ1) is 22.4. The van der Waals surface area contributed by atoms with E-state index in [-0.39, 0.29) is 30.7 Å². The summed E-state index contributed by atoms with van der Waals surface area (Å²) in [5.41, 5.74) is 6.28. The van der Waals surface area contributed by atoms with Crippen LogP contribution < -0.4 is 11.1 Å². The van der Waals surface area contributed by atoms with Crippen LogP contribution >= 0.6 is 24.8 Å². The van der Waals surface area contributed by atoms with Gasteiger partial charge in [-0.05, 0) is 37.6 Å². The van der Waals surface area contributed by atoms with Crippen LogP contribution in [0.2, 0.25) is 0 Å². The van der Waals surface area contributed by atoms with Gasteiger partial charge in [0.2, 0.25) is 5.91 Å². The third-order valence-electron chi connectivity index (χ3n) is 3.37. The van der Waals surface area contributed by atoms with E-state index in [1.807, 2.05) is 0 Å². The van der Waals surface area contributed by atoms with Gasteiger partial charge in [-0.15, -0.1) is 24.8 Å². The van der Waals surface area contributed by atoms with Crippen molar-refractivity contribution in [2.45, 2.75) is 32.1 Å². The van der Waals surface area contributed by atoms with Crippen molar-refractivity contribution in [1.29, 1.82) is 0 Å². The standard InChI is InChI=1S/C16H21FN4O.2ClH/c17-14-11-13(6-7-15(14)21-10-9-19-12-21)20-16(22)5-3-1-2-4-8-18;;/h6-7,9-12H,1-5,8,18H2,(H,20,22);2*1H. The quantitative estimate of drug-likeness (QED) is 0.689. The Morgan fingerprint density at radius 3 is 2.58 bits per heavy atom. The van der Waals surface area contributed by atoms with Crippen molar-refractivity contribution in [2.24, 2.45) is 5.73 Å². The second-order valence-corrected chi connectivity index (χ2v) is 5.14. The first-order valence-corrected chi connectivity index (χ1v) is 7.48. The number of anilines is 1. The van der Waals surface area contributed by atoms with Gasteiger partial charge in [0, 0.05) is 24.5 Å². The summed E-state index contributed by atoms with van der Waals surface area (Å²) in [6.07, 6.45) is 9.05. The smallest absolute Gasteiger partial charge is 0.224 e. The van der Waals surface area contributed by atoms with Crippen molar-refractivity contribution in [2.75, 3.05) is 11.9 Å². The van der Waals surface area contributed by atoms with Gasteiger partial charge < -0.3 is 15.6 Å². The largest absolute Gasteiger partial charge is 0.330 e. The maximum absolute atomic E-state index is 14.0. The zero-order valence-corrected chi connectivity index (χ0v) is 14.9. The molecule has 0 saturated carbocycles. The molecule has 1 amide bonds. The van der Waals surface area contributed by atoms with Crippen molar-refractivity contribution >= 4 is 36.4 Å². The van der Waals surface area contributed by atoms with E-state index in [9.17, 15) is 9.18 Å². The lowest BCUT2D eigenvalue weighted by molar-refractivity contribution is -0.116. The van der Waals surface area contributed by atoms with Crippen molar-refractivity contribution in [3.63, 3.8) is 0 Å². The van der Waals surface area contributed by atoms with Crippen molar-refractivity contribution in [3.8, 4) is 5.69 Å². The van der Waals surface area contributed by atoms with Crippen LogP contribution in [-0.4, -0.2) is 22.0 Å². The van der Waals surface area contributed by atoms with E-state index in [1.165, 1.54) is 12.4 Å². The molecule has 0 spiro atoms. The summed E-state index contributed by atoms with van der Waals surface area (Å²) in [6, 6.07) is 4.63. The molecule has 24 heavy (non-hydrogen) atoms. The first-order chi connectivity index (χ1) is 10.7. The average molecular weight is 377 g/mol. The molecule has 0 aliphatic carbocycles. The fourth-order valence-corrected chi connectivity index (χ4v) is 2.20. The van der Waals surface area contributed by atoms with Crippen LogP contribution in [0.5, 0.6) is 0 Å². The molecular weight excluding hydrogens is 354 g/mol. The molecule has 134 valence electrons. The highest BCUT2D eigenvalue weighted by atomic mass is 35.5. The van der Waals surface area contributed by atoms with E-state index in [0.29, 0.717) is 24.3 Å². The molecule has 2 aromatic rings. The second kappa shape index (κ2) is 11.8. The number of rotatable bonds is 8. The minimum Gasteiger partial charge on any atom is -0.330 e. The van der Waals surface area contributed by atoms with Gasteiger partial charge in [0.15, 0.2) is 0 Å². The molecule has 8 heteroatoms. The SMILES string of the molecule is Cl.Cl.NCCCCCCC(=O)Nc1ccc(-n2ccnc2)c(F)c1. The van der Waals surface area contributed by atoms with Gasteiger partial charge in [0.1, 0.15) is 5.82 Å². The number of unbranched alkanes of at least 4 members (excludes halogenated alkanes) is 3. The van der Waals surface area contributed by atoms with E-state index in [1.54, 1.807) is 29.1 Å². The summed E-state index contributed by atoms with van der Waals surface area (Å²) in [5, 5.41) is 2.72. The van der Waals surface area contributed by atoms with E-state index in [2.05, 4.69) is 10.3 Å². The third-order valence-corrected chi connectivity index (χ3v) is 3.37. The number of imidazole rings is 1. The Balaban J connectivity index is 0.00000264. The van der Waals surface area contributed by atoms with Gasteiger partial charge in [-0.2, -0.15) is 0 Å². The Morgan fingerprint density at radius 1 is 1.21 bits per heavy atom. The number of nitrogens with zero attached hydrogens (tertiary/aromatic N) is 2. The number of benzene rings is 1. The maximum atomic E-state index is 14.0. The Kier molecular flexibility index (Phi) is 11.0. The molecule has 0 aliphatic rings. The minimum atomic E-state index is -0.404. The van der Waals surface area contributed by atoms with Gasteiger partial charge in [-0.25, -0.2) is 9.37 Å². The van der Waals surface area contributed by atoms with Crippen LogP contribution in [0.25, 0.3) is 5.69 Å². The summed E-state index contributed by atoms with van der Waals surface area (Å²) in [4.78, 5) is 15.7. The molecule has 1 heterocycles. The second-order valence-electron chi connectivity index (χ2n) is 5.14. The maximum Gasteiger partial charge on any atom is 0.224 e. The molecule has 0 aliphatic heterocycles. The van der Waals surface area contributed by atoms with Crippen LogP contribution in [0.1, 0.15) is 32.1 Å². The number of aromatic nitrogens is 2. The number of carbonyl (C=O) groups is 1. The molecule has 3 N–H and O–H groups in total. The van der Waals surface area contributed by atoms with Crippen molar-refractivity contribution in [1.82, 2.24) is 9.55 Å². The zero-order chi connectivity index (χ0) is 15.8. The lowest BCUT2D eigenvalue weighted by atomic mass is 10.1. The average Bonchev–Trinajstić information content (AvgIpc) is 3.01. The van der Waals surface area contributed by atoms with Gasteiger partial charge in [-0.3, -0.25) is 4.79 Å². The van der Waals surface area contributed by atoms with Gasteiger partial charge in [0.05, 0.1) is 12.0 Å². The Hall–Kier alpha value is -1.63. The van der Waals surface area contributed by atoms with Crippen molar-refractivity contribution < 1.29 is 9.18 Å². The molecule has 5 nitrogen and oxygen atoms in total. The summed E-state index contributed by atoms with van der Waals surface area (Å²) >= 11 is 0. The van der Waals surface area contributed by atoms with Crippen LogP contribution in [0.15, 0.2) is 36.9 Å². The lowest BCUT2D eigenvalue weighted by Crippen LogP contribution is -2.11. The van der Waals surface area contributed by atoms with Gasteiger partial charge in [0.25, 0.3) is 0 Å². The van der Waals surface area contributed by atoms with Crippen LogP contribution in [0, 0.1) is 5.82 Å². The number of carbonyl (C=O) groups excluding carboxylic acids is 1. The number of amides is 1. The number of nitrogens with two attached hydrogens (primary N) is 1. The Bertz CT molecular complexity index is 608. The number of nitrogens with one attached hydrogen (secondary N) is 1. The molecule has 0 fully saturated rings. The van der Waals surface area contributed by atoms with E-state index in [0.717, 1.165) is 25.7 Å². The highest BCUT2D eigenvalue weighted by Crippen LogP contribution is 2.18. The summed E-state index contributed by atoms with van der Waals surface area (Å²) in [6.45, 7) is 0.689. The zero-order valence-electron chi connectivity index (χ0n) is 13.3. The topological polar surface area (TPSA) is 72.9 Å². The van der Waals surface area contributed by atoms with Crippen LogP contribution in [0.3, 0.4) is 0 Å². The lowest BCUT2D eigenvalue weighted by Gasteiger charge is -2.08. The van der Waals surface area contributed by atoms with Crippen LogP contribution in [-0.2, 0) is 4.79 Å². The summed E-state index contributed by atoms with van der Waals surface area (Å²) in [5.74, 6) is -0.499. The highest BCUT2D eigenvalue weighted by Gasteiger charge is 2.07. The Morgan fingerprint density at radius 2 is 1.96 bits per heavy atom. The normalized spacial score (nSPS) is 9.75. The molecule has 0 atom stereocenters. The molecule has 1 aromatic heterocycles. The predicted molar refractivity (Wildman–Crippen MR) is 98.8 cm³/mol. The van der Waals surface area contributed by atoms with Crippen LogP contribution in [0.4, 0.5) is 10.1 Å². The van der Waals surface area contributed by atoms with E-state index >= 15 is 0 Å². The van der Waals surface area contributed by atoms with Gasteiger partial charge >= 0.3 is 0 Å². The Labute approximate surface area is 153 Å². The number of hydrogen-bond acceptors (Lipinski definition) is 3. The molecule has 0 bridgehead atoms. The summed E-state index contributed by atoms with van der Waals surface area (Å²) < 4.78 is 15.6. The minimum absolute atomic E-state index is 0. The number of halogens is 3. The first-order valence-electron chi connectivity index (χ1n) is 7.48. The molecule has 2 rings (SSSR count). The van der Waals surface area contributed by atoms with E-state index in [4.69, 9.17) is 5.73 Å².